The number of carbonyl (C=O) groups excluding carboxylic acids is 1. The van der Waals surface area contributed by atoms with E-state index in [-0.39, 0.29) is 5.91 Å². The molecule has 0 fully saturated rings. The number of anilines is 1. The van der Waals surface area contributed by atoms with Crippen LogP contribution in [0.2, 0.25) is 0 Å². The topological polar surface area (TPSA) is 42.0 Å². The molecule has 0 unspecified atom stereocenters. The third kappa shape index (κ3) is 5.38. The predicted molar refractivity (Wildman–Crippen MR) is 86.2 cm³/mol. The molecule has 0 aliphatic rings. The van der Waals surface area contributed by atoms with E-state index in [1.165, 1.54) is 24.8 Å². The fourth-order valence-corrected chi connectivity index (χ4v) is 2.23. The minimum absolute atomic E-state index is 0.0123. The van der Waals surface area contributed by atoms with Gasteiger partial charge in [-0.1, -0.05) is 44.0 Å². The number of hydrogen-bond acceptors (Lipinski definition) is 2. The van der Waals surface area contributed by atoms with Gasteiger partial charge >= 0.3 is 0 Å². The smallest absolute Gasteiger partial charge is 0.228 e. The Hall–Kier alpha value is -2.16. The summed E-state index contributed by atoms with van der Waals surface area (Å²) in [7, 11) is 0. The van der Waals surface area contributed by atoms with Crippen LogP contribution in [0.5, 0.6) is 0 Å². The normalized spacial score (nSPS) is 10.3. The number of pyridine rings is 1. The number of nitrogens with one attached hydrogen (secondary N) is 1. The van der Waals surface area contributed by atoms with Crippen LogP contribution in [0.1, 0.15) is 37.3 Å². The van der Waals surface area contributed by atoms with E-state index in [1.807, 2.05) is 18.2 Å². The van der Waals surface area contributed by atoms with Crippen LogP contribution >= 0.6 is 0 Å². The summed E-state index contributed by atoms with van der Waals surface area (Å²) in [6.07, 6.45) is 8.60. The second-order valence-electron chi connectivity index (χ2n) is 5.24. The second kappa shape index (κ2) is 8.20. The number of benzene rings is 1. The van der Waals surface area contributed by atoms with Crippen LogP contribution < -0.4 is 5.32 Å². The lowest BCUT2D eigenvalue weighted by Gasteiger charge is -2.06. The lowest BCUT2D eigenvalue weighted by Crippen LogP contribution is -2.14. The van der Waals surface area contributed by atoms with E-state index in [9.17, 15) is 4.79 Å². The van der Waals surface area contributed by atoms with Crippen molar-refractivity contribution in [3.63, 3.8) is 0 Å². The molecule has 2 aromatic rings. The number of hydrogen-bond donors (Lipinski definition) is 1. The van der Waals surface area contributed by atoms with Crippen LogP contribution in [-0.2, 0) is 17.6 Å². The quantitative estimate of drug-likeness (QED) is 0.780. The van der Waals surface area contributed by atoms with Crippen molar-refractivity contribution in [2.24, 2.45) is 0 Å². The molecule has 21 heavy (non-hydrogen) atoms. The van der Waals surface area contributed by atoms with Crippen molar-refractivity contribution >= 4 is 11.6 Å². The minimum Gasteiger partial charge on any atom is -0.324 e. The average molecular weight is 282 g/mol. The van der Waals surface area contributed by atoms with Crippen molar-refractivity contribution in [2.75, 3.05) is 5.32 Å². The molecule has 110 valence electrons. The van der Waals surface area contributed by atoms with E-state index in [0.29, 0.717) is 6.42 Å². The summed E-state index contributed by atoms with van der Waals surface area (Å²) in [6, 6.07) is 12.0. The summed E-state index contributed by atoms with van der Waals surface area (Å²) in [5.41, 5.74) is 3.12. The van der Waals surface area contributed by atoms with Crippen LogP contribution in [0.25, 0.3) is 0 Å². The van der Waals surface area contributed by atoms with E-state index < -0.39 is 0 Å². The Balaban J connectivity index is 1.83. The largest absolute Gasteiger partial charge is 0.324 e. The third-order valence-electron chi connectivity index (χ3n) is 3.40. The summed E-state index contributed by atoms with van der Waals surface area (Å²) < 4.78 is 0. The molecule has 0 aliphatic heterocycles. The predicted octanol–water partition coefficient (Wildman–Crippen LogP) is 4.00. The molecule has 1 aromatic heterocycles. The van der Waals surface area contributed by atoms with Gasteiger partial charge in [-0.2, -0.15) is 0 Å². The average Bonchev–Trinajstić information content (AvgIpc) is 2.50. The number of aryl methyl sites for hydroxylation is 1. The second-order valence-corrected chi connectivity index (χ2v) is 5.24. The van der Waals surface area contributed by atoms with Crippen LogP contribution in [0.3, 0.4) is 0 Å². The molecule has 0 spiro atoms. The number of amides is 1. The van der Waals surface area contributed by atoms with Gasteiger partial charge in [-0.15, -0.1) is 0 Å². The molecule has 1 heterocycles. The SMILES string of the molecule is CCCCCc1ccc(CC(=O)Nc2cccnc2)cc1. The van der Waals surface area contributed by atoms with E-state index in [1.54, 1.807) is 18.5 Å². The molecule has 0 saturated carbocycles. The maximum Gasteiger partial charge on any atom is 0.228 e. The van der Waals surface area contributed by atoms with Crippen molar-refractivity contribution in [1.29, 1.82) is 0 Å². The Labute approximate surface area is 126 Å². The number of unbranched alkanes of at least 4 members (excludes halogenated alkanes) is 2. The van der Waals surface area contributed by atoms with Crippen molar-refractivity contribution < 1.29 is 4.79 Å². The Morgan fingerprint density at radius 3 is 2.52 bits per heavy atom. The number of rotatable bonds is 7. The Morgan fingerprint density at radius 1 is 1.10 bits per heavy atom. The van der Waals surface area contributed by atoms with Crippen LogP contribution in [0, 0.1) is 0 Å². The number of aromatic nitrogens is 1. The summed E-state index contributed by atoms with van der Waals surface area (Å²) in [6.45, 7) is 2.21. The fourth-order valence-electron chi connectivity index (χ4n) is 2.23. The lowest BCUT2D eigenvalue weighted by atomic mass is 10.0. The highest BCUT2D eigenvalue weighted by Crippen LogP contribution is 2.10. The van der Waals surface area contributed by atoms with E-state index in [0.717, 1.165) is 17.7 Å². The van der Waals surface area contributed by atoms with E-state index >= 15 is 0 Å². The first-order valence-corrected chi connectivity index (χ1v) is 7.55. The fraction of sp³-hybridized carbons (Fsp3) is 0.333. The molecular formula is C18H22N2O. The zero-order chi connectivity index (χ0) is 14.9. The highest BCUT2D eigenvalue weighted by molar-refractivity contribution is 5.92. The molecule has 0 saturated heterocycles. The number of carbonyl (C=O) groups is 1. The molecule has 0 radical (unpaired) electrons. The Bertz CT molecular complexity index is 549. The van der Waals surface area contributed by atoms with Crippen LogP contribution in [0.15, 0.2) is 48.8 Å². The molecule has 1 amide bonds. The molecule has 1 aromatic carbocycles. The summed E-state index contributed by atoms with van der Waals surface area (Å²) in [5, 5.41) is 2.85. The van der Waals surface area contributed by atoms with Gasteiger partial charge in [0, 0.05) is 6.20 Å². The molecule has 3 heteroatoms. The molecule has 1 N–H and O–H groups in total. The molecule has 0 aliphatic carbocycles. The van der Waals surface area contributed by atoms with Gasteiger partial charge in [0.05, 0.1) is 18.3 Å². The Morgan fingerprint density at radius 2 is 1.86 bits per heavy atom. The zero-order valence-corrected chi connectivity index (χ0v) is 12.5. The zero-order valence-electron chi connectivity index (χ0n) is 12.5. The third-order valence-corrected chi connectivity index (χ3v) is 3.40. The van der Waals surface area contributed by atoms with Gasteiger partial charge in [-0.3, -0.25) is 9.78 Å². The van der Waals surface area contributed by atoms with E-state index in [4.69, 9.17) is 0 Å². The highest BCUT2D eigenvalue weighted by Gasteiger charge is 2.04. The van der Waals surface area contributed by atoms with Crippen molar-refractivity contribution in [3.8, 4) is 0 Å². The van der Waals surface area contributed by atoms with Crippen molar-refractivity contribution in [2.45, 2.75) is 39.0 Å². The van der Waals surface area contributed by atoms with Crippen molar-refractivity contribution in [1.82, 2.24) is 4.98 Å². The Kier molecular flexibility index (Phi) is 5.95. The van der Waals surface area contributed by atoms with Crippen LogP contribution in [-0.4, -0.2) is 10.9 Å². The van der Waals surface area contributed by atoms with E-state index in [2.05, 4.69) is 29.4 Å². The maximum atomic E-state index is 11.9. The molecular weight excluding hydrogens is 260 g/mol. The lowest BCUT2D eigenvalue weighted by molar-refractivity contribution is -0.115. The summed E-state index contributed by atoms with van der Waals surface area (Å²) in [4.78, 5) is 15.9. The van der Waals surface area contributed by atoms with Gasteiger partial charge in [0.1, 0.15) is 0 Å². The molecule has 0 atom stereocenters. The summed E-state index contributed by atoms with van der Waals surface area (Å²) in [5.74, 6) is -0.0123. The summed E-state index contributed by atoms with van der Waals surface area (Å²) >= 11 is 0. The molecule has 3 nitrogen and oxygen atoms in total. The van der Waals surface area contributed by atoms with Gasteiger partial charge in [0.15, 0.2) is 0 Å². The number of nitrogens with zero attached hydrogens (tertiary/aromatic N) is 1. The highest BCUT2D eigenvalue weighted by atomic mass is 16.1. The van der Waals surface area contributed by atoms with Gasteiger partial charge in [0.25, 0.3) is 0 Å². The van der Waals surface area contributed by atoms with Gasteiger partial charge < -0.3 is 5.32 Å². The van der Waals surface area contributed by atoms with Gasteiger partial charge in [0.2, 0.25) is 5.91 Å². The standard InChI is InChI=1S/C18H22N2O/c1-2-3-4-6-15-8-10-16(11-9-15)13-18(21)20-17-7-5-12-19-14-17/h5,7-12,14H,2-4,6,13H2,1H3,(H,20,21). The van der Waals surface area contributed by atoms with Gasteiger partial charge in [-0.05, 0) is 36.1 Å². The first-order chi connectivity index (χ1) is 10.3. The van der Waals surface area contributed by atoms with Crippen LogP contribution in [0.4, 0.5) is 5.69 Å². The first kappa shape index (κ1) is 15.2. The maximum absolute atomic E-state index is 11.9. The van der Waals surface area contributed by atoms with Gasteiger partial charge in [-0.25, -0.2) is 0 Å². The minimum atomic E-state index is -0.0123. The first-order valence-electron chi connectivity index (χ1n) is 7.55. The van der Waals surface area contributed by atoms with Crippen molar-refractivity contribution in [3.05, 3.63) is 59.9 Å². The monoisotopic (exact) mass is 282 g/mol. The molecule has 0 bridgehead atoms. The molecule has 2 rings (SSSR count).